The van der Waals surface area contributed by atoms with E-state index in [1.807, 2.05) is 23.9 Å². The fourth-order valence-corrected chi connectivity index (χ4v) is 3.84. The number of likely N-dealkylation sites (N-methyl/N-ethyl adjacent to an activating group) is 1. The van der Waals surface area contributed by atoms with Crippen LogP contribution in [0.4, 0.5) is 0 Å². The molecule has 4 rings (SSSR count). The third-order valence-corrected chi connectivity index (χ3v) is 5.72. The third kappa shape index (κ3) is 4.96. The first kappa shape index (κ1) is 20.7. The van der Waals surface area contributed by atoms with E-state index in [0.717, 1.165) is 30.6 Å². The molecule has 3 aromatic rings. The van der Waals surface area contributed by atoms with E-state index >= 15 is 0 Å². The van der Waals surface area contributed by atoms with Gasteiger partial charge in [-0.3, -0.25) is 24.2 Å². The number of carbonyl (C=O) groups excluding carboxylic acids is 2. The molecule has 2 amide bonds. The molecule has 0 spiro atoms. The van der Waals surface area contributed by atoms with E-state index in [-0.39, 0.29) is 17.7 Å². The second-order valence-corrected chi connectivity index (χ2v) is 7.87. The Morgan fingerprint density at radius 3 is 2.77 bits per heavy atom. The summed E-state index contributed by atoms with van der Waals surface area (Å²) in [5.41, 5.74) is 3.30. The van der Waals surface area contributed by atoms with Gasteiger partial charge in [0.25, 0.3) is 11.8 Å². The average Bonchev–Trinajstić information content (AvgIpc) is 3.25. The summed E-state index contributed by atoms with van der Waals surface area (Å²) in [7, 11) is 1.82. The third-order valence-electron chi connectivity index (χ3n) is 5.72. The number of aromatic nitrogens is 4. The molecule has 1 aliphatic heterocycles. The lowest BCUT2D eigenvalue weighted by Crippen LogP contribution is -2.34. The molecule has 0 radical (unpaired) electrons. The number of aryl methyl sites for hydroxylation is 1. The van der Waals surface area contributed by atoms with Gasteiger partial charge in [0.1, 0.15) is 0 Å². The first-order valence-electron chi connectivity index (χ1n) is 10.5. The van der Waals surface area contributed by atoms with Gasteiger partial charge in [0.15, 0.2) is 0 Å². The molecular weight excluding hydrogens is 392 g/mol. The lowest BCUT2D eigenvalue weighted by Gasteiger charge is -2.25. The summed E-state index contributed by atoms with van der Waals surface area (Å²) in [5, 5.41) is 7.41. The van der Waals surface area contributed by atoms with Crippen LogP contribution in [0.15, 0.2) is 55.2 Å². The zero-order chi connectivity index (χ0) is 21.6. The number of pyridine rings is 2. The number of rotatable bonds is 7. The highest BCUT2D eigenvalue weighted by Gasteiger charge is 2.27. The molecule has 4 heterocycles. The Kier molecular flexibility index (Phi) is 6.35. The summed E-state index contributed by atoms with van der Waals surface area (Å²) in [6.07, 6.45) is 10.8. The lowest BCUT2D eigenvalue weighted by atomic mass is 9.94. The molecule has 1 N–H and O–H groups in total. The Hall–Kier alpha value is -3.55. The summed E-state index contributed by atoms with van der Waals surface area (Å²) < 4.78 is 1.92. The molecule has 0 aromatic carbocycles. The van der Waals surface area contributed by atoms with Crippen molar-refractivity contribution in [2.24, 2.45) is 5.92 Å². The van der Waals surface area contributed by atoms with E-state index in [0.29, 0.717) is 30.6 Å². The van der Waals surface area contributed by atoms with Crippen LogP contribution >= 0.6 is 0 Å². The zero-order valence-electron chi connectivity index (χ0n) is 17.6. The fourth-order valence-electron chi connectivity index (χ4n) is 3.84. The predicted octanol–water partition coefficient (Wildman–Crippen LogP) is 1.98. The molecule has 0 bridgehead atoms. The van der Waals surface area contributed by atoms with Crippen molar-refractivity contribution in [3.05, 3.63) is 77.6 Å². The van der Waals surface area contributed by atoms with E-state index in [1.165, 1.54) is 0 Å². The van der Waals surface area contributed by atoms with Gasteiger partial charge in [-0.25, -0.2) is 0 Å². The molecule has 0 aliphatic carbocycles. The van der Waals surface area contributed by atoms with Crippen molar-refractivity contribution < 1.29 is 9.59 Å². The van der Waals surface area contributed by atoms with Gasteiger partial charge in [-0.15, -0.1) is 0 Å². The van der Waals surface area contributed by atoms with Crippen molar-refractivity contribution in [2.45, 2.75) is 25.8 Å². The minimum Gasteiger partial charge on any atom is -0.352 e. The molecule has 0 saturated heterocycles. The largest absolute Gasteiger partial charge is 0.352 e. The van der Waals surface area contributed by atoms with Crippen molar-refractivity contribution in [3.8, 4) is 0 Å². The van der Waals surface area contributed by atoms with Crippen molar-refractivity contribution in [1.29, 1.82) is 0 Å². The van der Waals surface area contributed by atoms with Gasteiger partial charge in [-0.2, -0.15) is 5.10 Å². The van der Waals surface area contributed by atoms with E-state index in [9.17, 15) is 9.59 Å². The predicted molar refractivity (Wildman–Crippen MR) is 116 cm³/mol. The molecule has 8 nitrogen and oxygen atoms in total. The maximum absolute atomic E-state index is 13.0. The van der Waals surface area contributed by atoms with E-state index in [1.54, 1.807) is 48.0 Å². The van der Waals surface area contributed by atoms with Gasteiger partial charge in [0.05, 0.1) is 23.0 Å². The van der Waals surface area contributed by atoms with Crippen LogP contribution in [0, 0.1) is 5.92 Å². The number of nitrogens with zero attached hydrogens (tertiary/aromatic N) is 5. The van der Waals surface area contributed by atoms with Crippen molar-refractivity contribution in [3.63, 3.8) is 0 Å². The monoisotopic (exact) mass is 418 g/mol. The second kappa shape index (κ2) is 9.51. The Bertz CT molecular complexity index is 1030. The van der Waals surface area contributed by atoms with Gasteiger partial charge < -0.3 is 10.2 Å². The van der Waals surface area contributed by atoms with Crippen molar-refractivity contribution >= 4 is 11.8 Å². The number of hydrogen-bond acceptors (Lipinski definition) is 5. The standard InChI is InChI=1S/C23H26N6O2/c1-28(11-6-17-4-9-24-10-5-17)23(31)20-16-27-29-12-7-18(13-21(20)29)14-26-22(30)19-3-2-8-25-15-19/h2-5,8-10,15-16,18H,6-7,11-14H2,1H3,(H,26,30)/t18-/m1/s1. The maximum atomic E-state index is 13.0. The summed E-state index contributed by atoms with van der Waals surface area (Å²) >= 11 is 0. The van der Waals surface area contributed by atoms with Gasteiger partial charge in [0.2, 0.25) is 0 Å². The van der Waals surface area contributed by atoms with Gasteiger partial charge >= 0.3 is 0 Å². The molecule has 1 atom stereocenters. The highest BCUT2D eigenvalue weighted by molar-refractivity contribution is 5.95. The first-order valence-corrected chi connectivity index (χ1v) is 10.5. The van der Waals surface area contributed by atoms with Crippen LogP contribution in [0.2, 0.25) is 0 Å². The Labute approximate surface area is 181 Å². The smallest absolute Gasteiger partial charge is 0.257 e. The number of hydrogen-bond donors (Lipinski definition) is 1. The van der Waals surface area contributed by atoms with Crippen LogP contribution < -0.4 is 5.32 Å². The van der Waals surface area contributed by atoms with Crippen LogP contribution in [0.1, 0.15) is 38.4 Å². The summed E-state index contributed by atoms with van der Waals surface area (Å²) in [6.45, 7) is 1.93. The number of carbonyl (C=O) groups is 2. The Balaban J connectivity index is 1.35. The minimum atomic E-state index is -0.126. The number of fused-ring (bicyclic) bond motifs is 1. The molecule has 0 saturated carbocycles. The van der Waals surface area contributed by atoms with E-state index in [4.69, 9.17) is 0 Å². The minimum absolute atomic E-state index is 0.0182. The number of nitrogens with one attached hydrogen (secondary N) is 1. The zero-order valence-corrected chi connectivity index (χ0v) is 17.6. The highest BCUT2D eigenvalue weighted by atomic mass is 16.2. The maximum Gasteiger partial charge on any atom is 0.257 e. The van der Waals surface area contributed by atoms with Gasteiger partial charge in [-0.05, 0) is 55.0 Å². The molecule has 31 heavy (non-hydrogen) atoms. The van der Waals surface area contributed by atoms with Gasteiger partial charge in [0, 0.05) is 51.5 Å². The normalized spacial score (nSPS) is 15.2. The van der Waals surface area contributed by atoms with Crippen LogP contribution in [-0.2, 0) is 19.4 Å². The van der Waals surface area contributed by atoms with Crippen molar-refractivity contribution in [2.75, 3.05) is 20.1 Å². The summed E-state index contributed by atoms with van der Waals surface area (Å²) in [5.74, 6) is 0.119. The quantitative estimate of drug-likeness (QED) is 0.633. The summed E-state index contributed by atoms with van der Waals surface area (Å²) in [6, 6.07) is 7.42. The fraction of sp³-hybridized carbons (Fsp3) is 0.348. The topological polar surface area (TPSA) is 93.0 Å². The first-order chi connectivity index (χ1) is 15.1. The Morgan fingerprint density at radius 2 is 2.00 bits per heavy atom. The SMILES string of the molecule is CN(CCc1ccncc1)C(=O)c1cnn2c1C[C@H](CNC(=O)c1cccnc1)CC2. The second-order valence-electron chi connectivity index (χ2n) is 7.87. The van der Waals surface area contributed by atoms with Crippen LogP contribution in [0.3, 0.4) is 0 Å². The van der Waals surface area contributed by atoms with E-state index < -0.39 is 0 Å². The molecule has 0 unspecified atom stereocenters. The number of amides is 2. The van der Waals surface area contributed by atoms with E-state index in [2.05, 4.69) is 20.4 Å². The molecular formula is C23H26N6O2. The van der Waals surface area contributed by atoms with Crippen LogP contribution in [0.25, 0.3) is 0 Å². The van der Waals surface area contributed by atoms with Crippen LogP contribution in [-0.4, -0.2) is 56.6 Å². The molecule has 160 valence electrons. The molecule has 3 aromatic heterocycles. The van der Waals surface area contributed by atoms with Crippen LogP contribution in [0.5, 0.6) is 0 Å². The molecule has 8 heteroatoms. The highest BCUT2D eigenvalue weighted by Crippen LogP contribution is 2.23. The molecule has 0 fully saturated rings. The summed E-state index contributed by atoms with van der Waals surface area (Å²) in [4.78, 5) is 35.1. The Morgan fingerprint density at radius 1 is 1.16 bits per heavy atom. The van der Waals surface area contributed by atoms with Gasteiger partial charge in [-0.1, -0.05) is 0 Å². The van der Waals surface area contributed by atoms with Crippen molar-refractivity contribution in [1.82, 2.24) is 30.0 Å². The molecule has 1 aliphatic rings. The lowest BCUT2D eigenvalue weighted by molar-refractivity contribution is 0.0793. The average molecular weight is 419 g/mol.